The molecule has 0 saturated carbocycles. The molecule has 2 nitrogen and oxygen atoms in total. The van der Waals surface area contributed by atoms with Gasteiger partial charge in [0, 0.05) is 5.56 Å². The van der Waals surface area contributed by atoms with E-state index in [1.165, 1.54) is 18.2 Å². The first-order valence-electron chi connectivity index (χ1n) is 3.34. The molecule has 0 aromatic heterocycles. The molecule has 0 aliphatic heterocycles. The fourth-order valence-electron chi connectivity index (χ4n) is 0.850. The smallest absolute Gasteiger partial charge is 0.132 e. The highest BCUT2D eigenvalue weighted by atomic mass is 32.1. The number of halogens is 1. The van der Waals surface area contributed by atoms with E-state index in [4.69, 9.17) is 5.73 Å². The van der Waals surface area contributed by atoms with Crippen molar-refractivity contribution in [2.24, 2.45) is 5.73 Å². The van der Waals surface area contributed by atoms with Gasteiger partial charge in [-0.2, -0.15) is 0 Å². The van der Waals surface area contributed by atoms with Crippen LogP contribution in [0.25, 0.3) is 0 Å². The van der Waals surface area contributed by atoms with Crippen LogP contribution in [-0.2, 0) is 0 Å². The van der Waals surface area contributed by atoms with E-state index in [0.717, 1.165) is 0 Å². The molecule has 0 bridgehead atoms. The molecular formula is C8H8FNOS. The van der Waals surface area contributed by atoms with E-state index >= 15 is 0 Å². The summed E-state index contributed by atoms with van der Waals surface area (Å²) in [6, 6.07) is 5.83. The number of rotatable bonds is 2. The fourth-order valence-corrected chi connectivity index (χ4v) is 0.977. The van der Waals surface area contributed by atoms with Gasteiger partial charge in [-0.1, -0.05) is 30.4 Å². The number of benzene rings is 1. The third-order valence-electron chi connectivity index (χ3n) is 1.47. The monoisotopic (exact) mass is 185 g/mol. The third kappa shape index (κ3) is 1.78. The highest BCUT2D eigenvalue weighted by molar-refractivity contribution is 7.80. The molecular weight excluding hydrogens is 177 g/mol. The molecule has 0 aliphatic carbocycles. The maximum atomic E-state index is 12.9. The Hall–Kier alpha value is -1.00. The van der Waals surface area contributed by atoms with E-state index in [0.29, 0.717) is 0 Å². The predicted molar refractivity (Wildman–Crippen MR) is 48.1 cm³/mol. The molecule has 1 atom stereocenters. The molecule has 0 amide bonds. The molecule has 0 saturated heterocycles. The van der Waals surface area contributed by atoms with Gasteiger partial charge in [0.2, 0.25) is 0 Å². The molecule has 4 heteroatoms. The van der Waals surface area contributed by atoms with Gasteiger partial charge in [0.15, 0.2) is 0 Å². The maximum absolute atomic E-state index is 12.9. The van der Waals surface area contributed by atoms with Crippen molar-refractivity contribution in [3.63, 3.8) is 0 Å². The Balaban J connectivity index is 3.02. The van der Waals surface area contributed by atoms with E-state index in [9.17, 15) is 9.50 Å². The van der Waals surface area contributed by atoms with E-state index in [-0.39, 0.29) is 10.6 Å². The van der Waals surface area contributed by atoms with Crippen molar-refractivity contribution in [3.05, 3.63) is 35.6 Å². The Morgan fingerprint density at radius 3 is 2.58 bits per heavy atom. The molecule has 64 valence electrons. The Morgan fingerprint density at radius 2 is 2.08 bits per heavy atom. The van der Waals surface area contributed by atoms with Gasteiger partial charge in [-0.25, -0.2) is 4.39 Å². The summed E-state index contributed by atoms with van der Waals surface area (Å²) >= 11 is 4.52. The second kappa shape index (κ2) is 3.60. The van der Waals surface area contributed by atoms with Crippen molar-refractivity contribution in [2.75, 3.05) is 0 Å². The zero-order chi connectivity index (χ0) is 9.14. The lowest BCUT2D eigenvalue weighted by molar-refractivity contribution is 0.243. The normalized spacial score (nSPS) is 12.5. The summed E-state index contributed by atoms with van der Waals surface area (Å²) in [7, 11) is 0. The zero-order valence-corrected chi connectivity index (χ0v) is 7.01. The first-order chi connectivity index (χ1) is 5.63. The lowest BCUT2D eigenvalue weighted by atomic mass is 10.1. The topological polar surface area (TPSA) is 46.2 Å². The summed E-state index contributed by atoms with van der Waals surface area (Å²) in [5, 5.41) is 9.27. The van der Waals surface area contributed by atoms with Crippen molar-refractivity contribution in [1.82, 2.24) is 0 Å². The highest BCUT2D eigenvalue weighted by Crippen LogP contribution is 2.16. The molecule has 0 fully saturated rings. The number of aliphatic hydroxyl groups excluding tert-OH is 1. The van der Waals surface area contributed by atoms with E-state index in [2.05, 4.69) is 12.2 Å². The van der Waals surface area contributed by atoms with Crippen LogP contribution in [0.3, 0.4) is 0 Å². The molecule has 1 aromatic rings. The Bertz CT molecular complexity index is 303. The lowest BCUT2D eigenvalue weighted by Crippen LogP contribution is -2.19. The minimum absolute atomic E-state index is 0.116. The summed E-state index contributed by atoms with van der Waals surface area (Å²) in [6.45, 7) is 0. The Kier molecular flexibility index (Phi) is 2.73. The SMILES string of the molecule is NC(=S)C(O)c1ccccc1F. The second-order valence-corrected chi connectivity index (χ2v) is 2.80. The van der Waals surface area contributed by atoms with E-state index in [1.54, 1.807) is 6.07 Å². The van der Waals surface area contributed by atoms with Crippen LogP contribution in [0.1, 0.15) is 11.7 Å². The molecule has 0 aliphatic rings. The van der Waals surface area contributed by atoms with Crippen molar-refractivity contribution in [3.8, 4) is 0 Å². The first-order valence-corrected chi connectivity index (χ1v) is 3.75. The number of aliphatic hydroxyl groups is 1. The van der Waals surface area contributed by atoms with Crippen LogP contribution < -0.4 is 5.73 Å². The van der Waals surface area contributed by atoms with Crippen LogP contribution in [0.15, 0.2) is 24.3 Å². The Labute approximate surface area is 74.8 Å². The van der Waals surface area contributed by atoms with Gasteiger partial charge < -0.3 is 10.8 Å². The zero-order valence-electron chi connectivity index (χ0n) is 6.20. The second-order valence-electron chi connectivity index (χ2n) is 2.33. The van der Waals surface area contributed by atoms with Crippen molar-refractivity contribution < 1.29 is 9.50 Å². The predicted octanol–water partition coefficient (Wildman–Crippen LogP) is 1.15. The number of hydrogen-bond donors (Lipinski definition) is 2. The third-order valence-corrected chi connectivity index (χ3v) is 1.69. The van der Waals surface area contributed by atoms with Gasteiger partial charge in [-0.15, -0.1) is 0 Å². The van der Waals surface area contributed by atoms with Crippen LogP contribution in [0.4, 0.5) is 4.39 Å². The lowest BCUT2D eigenvalue weighted by Gasteiger charge is -2.08. The fraction of sp³-hybridized carbons (Fsp3) is 0.125. The minimum Gasteiger partial charge on any atom is -0.391 e. The van der Waals surface area contributed by atoms with Crippen LogP contribution in [0.2, 0.25) is 0 Å². The Morgan fingerprint density at radius 1 is 1.50 bits per heavy atom. The van der Waals surface area contributed by atoms with Gasteiger partial charge >= 0.3 is 0 Å². The van der Waals surface area contributed by atoms with Crippen molar-refractivity contribution in [1.29, 1.82) is 0 Å². The summed E-state index contributed by atoms with van der Waals surface area (Å²) in [5.41, 5.74) is 5.27. The van der Waals surface area contributed by atoms with Crippen LogP contribution in [0.5, 0.6) is 0 Å². The van der Waals surface area contributed by atoms with Gasteiger partial charge in [-0.05, 0) is 6.07 Å². The largest absolute Gasteiger partial charge is 0.391 e. The van der Waals surface area contributed by atoms with Gasteiger partial charge in [0.05, 0.1) is 0 Å². The summed E-state index contributed by atoms with van der Waals surface area (Å²) in [4.78, 5) is -0.125. The van der Waals surface area contributed by atoms with E-state index < -0.39 is 11.9 Å². The average molecular weight is 185 g/mol. The summed E-state index contributed by atoms with van der Waals surface area (Å²) in [5.74, 6) is -0.502. The molecule has 0 heterocycles. The number of thiocarbonyl (C=S) groups is 1. The highest BCUT2D eigenvalue weighted by Gasteiger charge is 2.13. The van der Waals surface area contributed by atoms with Crippen LogP contribution >= 0.6 is 12.2 Å². The summed E-state index contributed by atoms with van der Waals surface area (Å²) in [6.07, 6.45) is -1.19. The number of nitrogens with two attached hydrogens (primary N) is 1. The molecule has 1 rings (SSSR count). The van der Waals surface area contributed by atoms with Gasteiger partial charge in [-0.3, -0.25) is 0 Å². The molecule has 3 N–H and O–H groups in total. The molecule has 12 heavy (non-hydrogen) atoms. The van der Waals surface area contributed by atoms with Crippen molar-refractivity contribution >= 4 is 17.2 Å². The average Bonchev–Trinajstić information content (AvgIpc) is 2.04. The molecule has 1 aromatic carbocycles. The van der Waals surface area contributed by atoms with Gasteiger partial charge in [0.25, 0.3) is 0 Å². The maximum Gasteiger partial charge on any atom is 0.132 e. The minimum atomic E-state index is -1.19. The van der Waals surface area contributed by atoms with Crippen molar-refractivity contribution in [2.45, 2.75) is 6.10 Å². The quantitative estimate of drug-likeness (QED) is 0.679. The van der Waals surface area contributed by atoms with Crippen LogP contribution in [0, 0.1) is 5.82 Å². The molecule has 0 radical (unpaired) electrons. The number of hydrogen-bond acceptors (Lipinski definition) is 2. The van der Waals surface area contributed by atoms with Crippen LogP contribution in [-0.4, -0.2) is 10.1 Å². The molecule has 1 unspecified atom stereocenters. The summed E-state index contributed by atoms with van der Waals surface area (Å²) < 4.78 is 12.9. The molecule has 0 spiro atoms. The van der Waals surface area contributed by atoms with Gasteiger partial charge in [0.1, 0.15) is 16.9 Å². The van der Waals surface area contributed by atoms with E-state index in [1.807, 2.05) is 0 Å². The standard InChI is InChI=1S/C8H8FNOS/c9-6-4-2-1-3-5(6)7(11)8(10)12/h1-4,7,11H,(H2,10,12). The first kappa shape index (κ1) is 9.09.